The number of hydrogen-bond acceptors (Lipinski definition) is 5. The standard InChI is InChI=1S/C18H19NO5S/c20-17(21)10-14-11-23-7-6-19(14)18(22)13-3-1-4-15(9-13)24-12-16-5-2-8-25-16/h1-5,8-9,14H,6-7,10-12H2,(H,20,21). The Morgan fingerprint density at radius 3 is 2.96 bits per heavy atom. The molecule has 1 aromatic heterocycles. The smallest absolute Gasteiger partial charge is 0.305 e. The van der Waals surface area contributed by atoms with E-state index in [9.17, 15) is 9.59 Å². The molecule has 0 radical (unpaired) electrons. The van der Waals surface area contributed by atoms with Crippen LogP contribution in [0.3, 0.4) is 0 Å². The Hall–Kier alpha value is -2.38. The first-order chi connectivity index (χ1) is 12.1. The van der Waals surface area contributed by atoms with E-state index in [1.54, 1.807) is 40.5 Å². The maximum absolute atomic E-state index is 12.8. The van der Waals surface area contributed by atoms with Crippen LogP contribution in [-0.2, 0) is 16.1 Å². The lowest BCUT2D eigenvalue weighted by Crippen LogP contribution is -2.49. The highest BCUT2D eigenvalue weighted by Crippen LogP contribution is 2.20. The van der Waals surface area contributed by atoms with Gasteiger partial charge >= 0.3 is 5.97 Å². The summed E-state index contributed by atoms with van der Waals surface area (Å²) in [5.74, 6) is -0.528. The zero-order valence-electron chi connectivity index (χ0n) is 13.6. The zero-order valence-corrected chi connectivity index (χ0v) is 14.4. The minimum absolute atomic E-state index is 0.125. The topological polar surface area (TPSA) is 76.1 Å². The highest BCUT2D eigenvalue weighted by molar-refractivity contribution is 7.09. The van der Waals surface area contributed by atoms with Crippen molar-refractivity contribution in [1.82, 2.24) is 4.90 Å². The molecule has 1 fully saturated rings. The molecule has 1 aliphatic rings. The largest absolute Gasteiger partial charge is 0.488 e. The van der Waals surface area contributed by atoms with Crippen LogP contribution in [-0.4, -0.2) is 47.7 Å². The van der Waals surface area contributed by atoms with E-state index in [1.807, 2.05) is 17.5 Å². The van der Waals surface area contributed by atoms with Gasteiger partial charge in [0, 0.05) is 17.0 Å². The number of ether oxygens (including phenoxy) is 2. The molecule has 7 heteroatoms. The minimum Gasteiger partial charge on any atom is -0.488 e. The maximum Gasteiger partial charge on any atom is 0.305 e. The molecule has 132 valence electrons. The molecular formula is C18H19NO5S. The number of thiophene rings is 1. The van der Waals surface area contributed by atoms with Gasteiger partial charge in [0.05, 0.1) is 25.7 Å². The van der Waals surface area contributed by atoms with Crippen molar-refractivity contribution >= 4 is 23.2 Å². The molecule has 0 spiro atoms. The minimum atomic E-state index is -0.943. The Bertz CT molecular complexity index is 731. The quantitative estimate of drug-likeness (QED) is 0.856. The molecule has 1 N–H and O–H groups in total. The van der Waals surface area contributed by atoms with Gasteiger partial charge in [-0.1, -0.05) is 12.1 Å². The van der Waals surface area contributed by atoms with Gasteiger partial charge in [-0.3, -0.25) is 9.59 Å². The number of hydrogen-bond donors (Lipinski definition) is 1. The summed E-state index contributed by atoms with van der Waals surface area (Å²) in [5.41, 5.74) is 0.487. The molecule has 1 atom stereocenters. The molecule has 25 heavy (non-hydrogen) atoms. The number of nitrogens with zero attached hydrogens (tertiary/aromatic N) is 1. The van der Waals surface area contributed by atoms with Crippen molar-refractivity contribution in [3.63, 3.8) is 0 Å². The average Bonchev–Trinajstić information content (AvgIpc) is 3.13. The lowest BCUT2D eigenvalue weighted by molar-refractivity contribution is -0.139. The molecular weight excluding hydrogens is 342 g/mol. The first kappa shape index (κ1) is 17.4. The second-order valence-electron chi connectivity index (χ2n) is 5.72. The summed E-state index contributed by atoms with van der Waals surface area (Å²) in [6.45, 7) is 1.49. The van der Waals surface area contributed by atoms with Gasteiger partial charge in [-0.25, -0.2) is 0 Å². The Labute approximate surface area is 149 Å². The third-order valence-corrected chi connectivity index (χ3v) is 4.79. The number of carboxylic acids is 1. The van der Waals surface area contributed by atoms with Crippen LogP contribution >= 0.6 is 11.3 Å². The Morgan fingerprint density at radius 2 is 2.20 bits per heavy atom. The van der Waals surface area contributed by atoms with Crippen LogP contribution in [0.5, 0.6) is 5.75 Å². The number of carbonyl (C=O) groups is 2. The molecule has 1 aliphatic heterocycles. The van der Waals surface area contributed by atoms with Crippen molar-refractivity contribution in [3.8, 4) is 5.75 Å². The molecule has 1 unspecified atom stereocenters. The van der Waals surface area contributed by atoms with Crippen molar-refractivity contribution in [2.24, 2.45) is 0 Å². The van der Waals surface area contributed by atoms with E-state index in [2.05, 4.69) is 0 Å². The summed E-state index contributed by atoms with van der Waals surface area (Å²) in [7, 11) is 0. The van der Waals surface area contributed by atoms with E-state index >= 15 is 0 Å². The fourth-order valence-corrected chi connectivity index (χ4v) is 3.34. The first-order valence-electron chi connectivity index (χ1n) is 7.99. The molecule has 3 rings (SSSR count). The second kappa shape index (κ2) is 8.13. The number of amides is 1. The predicted octanol–water partition coefficient (Wildman–Crippen LogP) is 2.64. The Balaban J connectivity index is 1.70. The Morgan fingerprint density at radius 1 is 1.32 bits per heavy atom. The van der Waals surface area contributed by atoms with Gasteiger partial charge in [-0.05, 0) is 29.6 Å². The second-order valence-corrected chi connectivity index (χ2v) is 6.75. The van der Waals surface area contributed by atoms with Crippen LogP contribution in [0.2, 0.25) is 0 Å². The maximum atomic E-state index is 12.8. The number of carboxylic acid groups (broad SMARTS) is 1. The number of morpholine rings is 1. The van der Waals surface area contributed by atoms with Gasteiger partial charge in [0.25, 0.3) is 5.91 Å². The number of carbonyl (C=O) groups excluding carboxylic acids is 1. The van der Waals surface area contributed by atoms with Gasteiger partial charge in [0.15, 0.2) is 0 Å². The van der Waals surface area contributed by atoms with E-state index in [1.165, 1.54) is 0 Å². The molecule has 1 amide bonds. The summed E-state index contributed by atoms with van der Waals surface area (Å²) in [6, 6.07) is 10.5. The summed E-state index contributed by atoms with van der Waals surface area (Å²) in [5, 5.41) is 11.0. The van der Waals surface area contributed by atoms with E-state index in [0.717, 1.165) is 4.88 Å². The van der Waals surface area contributed by atoms with Crippen LogP contribution < -0.4 is 4.74 Å². The van der Waals surface area contributed by atoms with Crippen molar-refractivity contribution in [2.45, 2.75) is 19.1 Å². The molecule has 1 saturated heterocycles. The van der Waals surface area contributed by atoms with E-state index in [0.29, 0.717) is 31.1 Å². The zero-order chi connectivity index (χ0) is 17.6. The van der Waals surface area contributed by atoms with Gasteiger partial charge in [0.2, 0.25) is 0 Å². The fraction of sp³-hybridized carbons (Fsp3) is 0.333. The van der Waals surface area contributed by atoms with Crippen LogP contribution in [0.25, 0.3) is 0 Å². The van der Waals surface area contributed by atoms with E-state index in [-0.39, 0.29) is 18.9 Å². The van der Waals surface area contributed by atoms with Gasteiger partial charge < -0.3 is 19.5 Å². The van der Waals surface area contributed by atoms with Crippen molar-refractivity contribution in [2.75, 3.05) is 19.8 Å². The van der Waals surface area contributed by atoms with Crippen molar-refractivity contribution in [3.05, 3.63) is 52.2 Å². The SMILES string of the molecule is O=C(O)CC1COCCN1C(=O)c1cccc(OCc2cccs2)c1. The summed E-state index contributed by atoms with van der Waals surface area (Å²) in [4.78, 5) is 26.5. The third kappa shape index (κ3) is 4.58. The molecule has 0 bridgehead atoms. The van der Waals surface area contributed by atoms with Gasteiger partial charge in [-0.2, -0.15) is 0 Å². The first-order valence-corrected chi connectivity index (χ1v) is 8.87. The van der Waals surface area contributed by atoms with Crippen LogP contribution in [0.1, 0.15) is 21.7 Å². The van der Waals surface area contributed by atoms with Gasteiger partial charge in [-0.15, -0.1) is 11.3 Å². The van der Waals surface area contributed by atoms with Crippen molar-refractivity contribution in [1.29, 1.82) is 0 Å². The van der Waals surface area contributed by atoms with Crippen LogP contribution in [0, 0.1) is 0 Å². The summed E-state index contributed by atoms with van der Waals surface area (Å²) < 4.78 is 11.1. The lowest BCUT2D eigenvalue weighted by Gasteiger charge is -2.34. The molecule has 1 aromatic carbocycles. The highest BCUT2D eigenvalue weighted by atomic mass is 32.1. The Kier molecular flexibility index (Phi) is 5.67. The molecule has 0 aliphatic carbocycles. The van der Waals surface area contributed by atoms with E-state index in [4.69, 9.17) is 14.6 Å². The number of rotatable bonds is 6. The van der Waals surface area contributed by atoms with Crippen LogP contribution in [0.4, 0.5) is 0 Å². The van der Waals surface area contributed by atoms with Crippen molar-refractivity contribution < 1.29 is 24.2 Å². The monoisotopic (exact) mass is 361 g/mol. The van der Waals surface area contributed by atoms with E-state index < -0.39 is 12.0 Å². The molecule has 2 aromatic rings. The fourth-order valence-electron chi connectivity index (χ4n) is 2.73. The molecule has 0 saturated carbocycles. The summed E-state index contributed by atoms with van der Waals surface area (Å²) in [6.07, 6.45) is -0.125. The van der Waals surface area contributed by atoms with Crippen LogP contribution in [0.15, 0.2) is 41.8 Å². The number of benzene rings is 1. The van der Waals surface area contributed by atoms with Gasteiger partial charge in [0.1, 0.15) is 12.4 Å². The molecule has 2 heterocycles. The summed E-state index contributed by atoms with van der Waals surface area (Å²) >= 11 is 1.61. The normalized spacial score (nSPS) is 17.3. The third-order valence-electron chi connectivity index (χ3n) is 3.94. The number of aliphatic carboxylic acids is 1. The average molecular weight is 361 g/mol. The predicted molar refractivity (Wildman–Crippen MR) is 93.0 cm³/mol. The molecule has 6 nitrogen and oxygen atoms in total. The lowest BCUT2D eigenvalue weighted by atomic mass is 10.1. The highest BCUT2D eigenvalue weighted by Gasteiger charge is 2.29.